The Labute approximate surface area is 314 Å². The van der Waals surface area contributed by atoms with Crippen molar-refractivity contribution in [3.63, 3.8) is 0 Å². The van der Waals surface area contributed by atoms with E-state index in [1.807, 2.05) is 52.0 Å². The van der Waals surface area contributed by atoms with Gasteiger partial charge in [0.05, 0.1) is 37.1 Å². The highest BCUT2D eigenvalue weighted by atomic mass is 28.4. The summed E-state index contributed by atoms with van der Waals surface area (Å²) in [7, 11) is -2.68. The quantitative estimate of drug-likeness (QED) is 0.109. The smallest absolute Gasteiger partial charge is 0.261 e. The van der Waals surface area contributed by atoms with Crippen LogP contribution in [0.4, 0.5) is 0 Å². The third-order valence-corrected chi connectivity index (χ3v) is 16.0. The van der Waals surface area contributed by atoms with E-state index >= 15 is 0 Å². The van der Waals surface area contributed by atoms with Crippen molar-refractivity contribution in [1.82, 2.24) is 0 Å². The predicted molar refractivity (Wildman–Crippen MR) is 212 cm³/mol. The van der Waals surface area contributed by atoms with Gasteiger partial charge in [-0.25, -0.2) is 0 Å². The van der Waals surface area contributed by atoms with Crippen LogP contribution in [0.2, 0.25) is 5.04 Å². The second-order valence-electron chi connectivity index (χ2n) is 16.7. The average molecular weight is 727 g/mol. The van der Waals surface area contributed by atoms with Gasteiger partial charge in [-0.2, -0.15) is 0 Å². The summed E-state index contributed by atoms with van der Waals surface area (Å²) in [6.45, 7) is 19.8. The average Bonchev–Trinajstić information content (AvgIpc) is 3.12. The summed E-state index contributed by atoms with van der Waals surface area (Å²) in [6, 6.07) is 31.7. The maximum atomic E-state index is 14.1. The van der Waals surface area contributed by atoms with E-state index < -0.39 is 19.5 Å². The number of ether oxygens (including phenoxy) is 4. The molecule has 5 atom stereocenters. The van der Waals surface area contributed by atoms with Crippen LogP contribution in [-0.4, -0.2) is 57.0 Å². The first-order chi connectivity index (χ1) is 24.7. The fraction of sp³-hybridized carbons (Fsp3) is 0.533. The molecule has 3 aromatic rings. The minimum Gasteiger partial charge on any atom is -0.407 e. The molecule has 52 heavy (non-hydrogen) atoms. The molecule has 0 radical (unpaired) electrons. The SMILES string of the molecule is C=C[C@H]1CCC[C@@H](CC(=O)C(C)(C)[C@H](C[C@H]2C[C@H](CCO[Si](c3ccccc3)(c3ccccc3)C(C)(C)C)OC(C)(C)O2)OCc2ccccc2)O1. The standard InChI is InChI=1S/C45H62O6Si/c1-9-35-22-19-23-36(49-35)31-41(46)44(5,6)42(47-33-34-20-13-10-14-21-34)32-38-30-37(50-45(7,8)51-38)28-29-48-52(43(2,3)4,39-24-15-11-16-25-39)40-26-17-12-18-27-40/h9-18,20-21,24-27,35-38,42H,1,19,22-23,28-33H2,2-8H3/t35-,36-,37-,38+,42-/m0/s1. The zero-order chi connectivity index (χ0) is 37.4. The van der Waals surface area contributed by atoms with Crippen LogP contribution >= 0.6 is 0 Å². The van der Waals surface area contributed by atoms with Crippen molar-refractivity contribution in [1.29, 1.82) is 0 Å². The molecule has 2 saturated heterocycles. The Bertz CT molecular complexity index is 1510. The molecule has 0 aromatic heterocycles. The van der Waals surface area contributed by atoms with E-state index in [0.29, 0.717) is 32.5 Å². The first-order valence-electron chi connectivity index (χ1n) is 19.3. The van der Waals surface area contributed by atoms with E-state index in [-0.39, 0.29) is 41.3 Å². The second kappa shape index (κ2) is 17.5. The van der Waals surface area contributed by atoms with Gasteiger partial charge in [0.1, 0.15) is 5.78 Å². The number of hydrogen-bond donors (Lipinski definition) is 0. The van der Waals surface area contributed by atoms with Gasteiger partial charge in [0.15, 0.2) is 5.79 Å². The Morgan fingerprint density at radius 2 is 1.44 bits per heavy atom. The lowest BCUT2D eigenvalue weighted by Crippen LogP contribution is -2.66. The number of benzene rings is 3. The van der Waals surface area contributed by atoms with Crippen molar-refractivity contribution >= 4 is 24.5 Å². The monoisotopic (exact) mass is 726 g/mol. The van der Waals surface area contributed by atoms with Gasteiger partial charge in [-0.05, 0) is 60.5 Å². The van der Waals surface area contributed by atoms with Crippen LogP contribution in [0, 0.1) is 5.41 Å². The molecule has 6 nitrogen and oxygen atoms in total. The molecule has 0 unspecified atom stereocenters. The maximum Gasteiger partial charge on any atom is 0.261 e. The topological polar surface area (TPSA) is 63.2 Å². The Morgan fingerprint density at radius 3 is 2.02 bits per heavy atom. The van der Waals surface area contributed by atoms with Crippen LogP contribution in [-0.2, 0) is 34.8 Å². The van der Waals surface area contributed by atoms with Crippen molar-refractivity contribution < 1.29 is 28.2 Å². The summed E-state index contributed by atoms with van der Waals surface area (Å²) < 4.78 is 33.3. The van der Waals surface area contributed by atoms with Crippen LogP contribution < -0.4 is 10.4 Å². The van der Waals surface area contributed by atoms with Crippen LogP contribution in [0.15, 0.2) is 104 Å². The minimum absolute atomic E-state index is 0.00943. The molecular weight excluding hydrogens is 665 g/mol. The summed E-state index contributed by atoms with van der Waals surface area (Å²) in [5, 5.41) is 2.43. The lowest BCUT2D eigenvalue weighted by atomic mass is 9.76. The van der Waals surface area contributed by atoms with Crippen molar-refractivity contribution in [2.75, 3.05) is 6.61 Å². The molecule has 0 aliphatic carbocycles. The number of carbonyl (C=O) groups excluding carboxylic acids is 1. The van der Waals surface area contributed by atoms with Crippen molar-refractivity contribution in [3.05, 3.63) is 109 Å². The van der Waals surface area contributed by atoms with E-state index in [0.717, 1.165) is 31.2 Å². The minimum atomic E-state index is -2.68. The molecule has 2 aliphatic rings. The number of ketones is 1. The Hall–Kier alpha value is -2.91. The summed E-state index contributed by atoms with van der Waals surface area (Å²) >= 11 is 0. The van der Waals surface area contributed by atoms with E-state index in [1.54, 1.807) is 0 Å². The van der Waals surface area contributed by atoms with E-state index in [4.69, 9.17) is 23.4 Å². The molecule has 0 N–H and O–H groups in total. The van der Waals surface area contributed by atoms with Crippen molar-refractivity contribution in [2.45, 2.75) is 141 Å². The zero-order valence-electron chi connectivity index (χ0n) is 32.6. The molecule has 0 saturated carbocycles. The third kappa shape index (κ3) is 9.98. The van der Waals surface area contributed by atoms with Gasteiger partial charge in [-0.15, -0.1) is 6.58 Å². The normalized spacial score (nSPS) is 23.1. The van der Waals surface area contributed by atoms with E-state index in [1.165, 1.54) is 10.4 Å². The third-order valence-electron chi connectivity index (χ3n) is 11.0. The molecule has 2 aliphatic heterocycles. The molecule has 0 bridgehead atoms. The molecule has 2 fully saturated rings. The van der Waals surface area contributed by atoms with Crippen LogP contribution in [0.1, 0.15) is 99.0 Å². The van der Waals surface area contributed by atoms with Crippen LogP contribution in [0.5, 0.6) is 0 Å². The Balaban J connectivity index is 1.32. The number of hydrogen-bond acceptors (Lipinski definition) is 6. The highest BCUT2D eigenvalue weighted by Crippen LogP contribution is 2.39. The molecule has 0 amide bonds. The molecule has 282 valence electrons. The fourth-order valence-electron chi connectivity index (χ4n) is 8.13. The Morgan fingerprint density at radius 1 is 0.865 bits per heavy atom. The van der Waals surface area contributed by atoms with Gasteiger partial charge in [-0.1, -0.05) is 132 Å². The maximum absolute atomic E-state index is 14.1. The molecule has 3 aromatic carbocycles. The van der Waals surface area contributed by atoms with E-state index in [2.05, 4.69) is 100 Å². The number of Topliss-reactive ketones (excluding diaryl/α,β-unsaturated/α-hetero) is 1. The number of carbonyl (C=O) groups is 1. The summed E-state index contributed by atoms with van der Waals surface area (Å²) in [4.78, 5) is 14.1. The second-order valence-corrected chi connectivity index (χ2v) is 21.1. The summed E-state index contributed by atoms with van der Waals surface area (Å²) in [5.41, 5.74) is 0.319. The molecule has 7 heteroatoms. The fourth-order valence-corrected chi connectivity index (χ4v) is 12.7. The van der Waals surface area contributed by atoms with Gasteiger partial charge in [-0.3, -0.25) is 4.79 Å². The zero-order valence-corrected chi connectivity index (χ0v) is 33.6. The summed E-state index contributed by atoms with van der Waals surface area (Å²) in [5.74, 6) is -0.638. The van der Waals surface area contributed by atoms with Crippen LogP contribution in [0.25, 0.3) is 0 Å². The lowest BCUT2D eigenvalue weighted by Gasteiger charge is -2.45. The Kier molecular flexibility index (Phi) is 13.5. The van der Waals surface area contributed by atoms with Crippen LogP contribution in [0.3, 0.4) is 0 Å². The summed E-state index contributed by atoms with van der Waals surface area (Å²) in [6.07, 6.45) is 6.40. The van der Waals surface area contributed by atoms with E-state index in [9.17, 15) is 4.79 Å². The molecular formula is C45H62O6Si. The molecule has 0 spiro atoms. The van der Waals surface area contributed by atoms with Crippen molar-refractivity contribution in [2.24, 2.45) is 5.41 Å². The van der Waals surface area contributed by atoms with Gasteiger partial charge < -0.3 is 23.4 Å². The highest BCUT2D eigenvalue weighted by molar-refractivity contribution is 6.99. The predicted octanol–water partition coefficient (Wildman–Crippen LogP) is 8.95. The lowest BCUT2D eigenvalue weighted by molar-refractivity contribution is -0.305. The van der Waals surface area contributed by atoms with Crippen molar-refractivity contribution in [3.8, 4) is 0 Å². The van der Waals surface area contributed by atoms with Gasteiger partial charge in [0, 0.05) is 31.3 Å². The molecule has 2 heterocycles. The largest absolute Gasteiger partial charge is 0.407 e. The molecule has 5 rings (SSSR count). The number of rotatable bonds is 16. The first kappa shape index (κ1) is 40.3. The van der Waals surface area contributed by atoms with Gasteiger partial charge in [0.2, 0.25) is 0 Å². The van der Waals surface area contributed by atoms with Gasteiger partial charge in [0.25, 0.3) is 8.32 Å². The first-order valence-corrected chi connectivity index (χ1v) is 21.2. The van der Waals surface area contributed by atoms with Gasteiger partial charge >= 0.3 is 0 Å². The highest BCUT2D eigenvalue weighted by Gasteiger charge is 2.50.